The van der Waals surface area contributed by atoms with Gasteiger partial charge in [0.25, 0.3) is 0 Å². The lowest BCUT2D eigenvalue weighted by atomic mass is 9.91. The number of hydrogen-bond donors (Lipinski definition) is 0. The Kier molecular flexibility index (Phi) is 8.57. The topological polar surface area (TPSA) is 9.23 Å². The molecule has 0 fully saturated rings. The summed E-state index contributed by atoms with van der Waals surface area (Å²) in [4.78, 5) is 0. The summed E-state index contributed by atoms with van der Waals surface area (Å²) in [5.41, 5.74) is 8.53. The van der Waals surface area contributed by atoms with Gasteiger partial charge in [-0.1, -0.05) is 61.4 Å². The van der Waals surface area contributed by atoms with Gasteiger partial charge in [-0.3, -0.25) is 0 Å². The van der Waals surface area contributed by atoms with E-state index < -0.39 is 0 Å². The maximum absolute atomic E-state index is 5.91. The molecule has 2 unspecified atom stereocenters. The molecule has 0 saturated carbocycles. The van der Waals surface area contributed by atoms with Crippen LogP contribution in [0.1, 0.15) is 84.7 Å². The van der Waals surface area contributed by atoms with E-state index in [0.29, 0.717) is 11.8 Å². The van der Waals surface area contributed by atoms with Crippen molar-refractivity contribution in [2.45, 2.75) is 79.1 Å². The maximum atomic E-state index is 5.91. The lowest BCUT2D eigenvalue weighted by Crippen LogP contribution is -2.03. The van der Waals surface area contributed by atoms with Crippen LogP contribution in [0.15, 0.2) is 36.4 Å². The first-order valence-electron chi connectivity index (χ1n) is 10.6. The Labute approximate surface area is 167 Å². The van der Waals surface area contributed by atoms with Gasteiger partial charge in [0, 0.05) is 13.2 Å². The summed E-state index contributed by atoms with van der Waals surface area (Å²) in [6.07, 6.45) is 4.68. The molecule has 2 rings (SSSR count). The Morgan fingerprint density at radius 3 is 1.48 bits per heavy atom. The molecular formula is C26H38O. The average Bonchev–Trinajstić information content (AvgIpc) is 2.64. The molecule has 2 aromatic rings. The first-order valence-corrected chi connectivity index (χ1v) is 10.6. The van der Waals surface area contributed by atoms with Gasteiger partial charge in [-0.15, -0.1) is 0 Å². The minimum atomic E-state index is 0.609. The average molecular weight is 367 g/mol. The first-order chi connectivity index (χ1) is 12.9. The zero-order valence-corrected chi connectivity index (χ0v) is 18.3. The van der Waals surface area contributed by atoms with Gasteiger partial charge in [0.05, 0.1) is 0 Å². The molecule has 0 amide bonds. The number of ether oxygens (including phenoxy) is 1. The van der Waals surface area contributed by atoms with Crippen molar-refractivity contribution in [1.82, 2.24) is 0 Å². The van der Waals surface area contributed by atoms with Crippen LogP contribution in [0.5, 0.6) is 0 Å². The second kappa shape index (κ2) is 10.7. The van der Waals surface area contributed by atoms with Crippen molar-refractivity contribution in [3.05, 3.63) is 69.8 Å². The summed E-state index contributed by atoms with van der Waals surface area (Å²) in [6, 6.07) is 13.6. The highest BCUT2D eigenvalue weighted by Gasteiger charge is 2.10. The minimum absolute atomic E-state index is 0.609. The Balaban J connectivity index is 1.63. The fraction of sp³-hybridized carbons (Fsp3) is 0.538. The third-order valence-corrected chi connectivity index (χ3v) is 5.78. The fourth-order valence-corrected chi connectivity index (χ4v) is 3.98. The molecule has 0 N–H and O–H groups in total. The van der Waals surface area contributed by atoms with E-state index in [0.717, 1.165) is 26.1 Å². The van der Waals surface area contributed by atoms with E-state index in [1.165, 1.54) is 46.2 Å². The largest absolute Gasteiger partial charge is 0.381 e. The van der Waals surface area contributed by atoms with Crippen molar-refractivity contribution in [3.63, 3.8) is 0 Å². The van der Waals surface area contributed by atoms with E-state index in [4.69, 9.17) is 4.74 Å². The second-order valence-corrected chi connectivity index (χ2v) is 8.42. The van der Waals surface area contributed by atoms with Crippen LogP contribution in [0.25, 0.3) is 0 Å². The van der Waals surface area contributed by atoms with Gasteiger partial charge in [-0.05, 0) is 87.5 Å². The summed E-state index contributed by atoms with van der Waals surface area (Å²) in [5.74, 6) is 1.22. The van der Waals surface area contributed by atoms with Crippen molar-refractivity contribution in [2.75, 3.05) is 13.2 Å². The standard InChI is InChI=1S/C26H38O/c1-19-11-13-23(5)25(17-19)21(3)9-7-15-27-16-8-10-22(4)26-18-20(2)12-14-24(26)6/h11-14,17-18,21-22H,7-10,15-16H2,1-6H3. The van der Waals surface area contributed by atoms with Crippen LogP contribution >= 0.6 is 0 Å². The zero-order valence-electron chi connectivity index (χ0n) is 18.3. The van der Waals surface area contributed by atoms with Gasteiger partial charge in [0.1, 0.15) is 0 Å². The van der Waals surface area contributed by atoms with Gasteiger partial charge >= 0.3 is 0 Å². The van der Waals surface area contributed by atoms with Crippen LogP contribution in [0.4, 0.5) is 0 Å². The molecule has 0 heterocycles. The second-order valence-electron chi connectivity index (χ2n) is 8.42. The molecule has 2 atom stereocenters. The molecule has 0 aliphatic heterocycles. The Hall–Kier alpha value is -1.60. The van der Waals surface area contributed by atoms with E-state index in [1.807, 2.05) is 0 Å². The van der Waals surface area contributed by atoms with Crippen LogP contribution in [-0.4, -0.2) is 13.2 Å². The van der Waals surface area contributed by atoms with Gasteiger partial charge in [0.2, 0.25) is 0 Å². The predicted octanol–water partition coefficient (Wildman–Crippen LogP) is 7.40. The normalized spacial score (nSPS) is 13.6. The van der Waals surface area contributed by atoms with Crippen molar-refractivity contribution >= 4 is 0 Å². The molecule has 0 aromatic heterocycles. The van der Waals surface area contributed by atoms with E-state index >= 15 is 0 Å². The van der Waals surface area contributed by atoms with E-state index in [-0.39, 0.29) is 0 Å². The van der Waals surface area contributed by atoms with Crippen LogP contribution in [0.2, 0.25) is 0 Å². The molecule has 0 aliphatic carbocycles. The van der Waals surface area contributed by atoms with Gasteiger partial charge in [0.15, 0.2) is 0 Å². The highest BCUT2D eigenvalue weighted by atomic mass is 16.5. The molecular weight excluding hydrogens is 328 g/mol. The van der Waals surface area contributed by atoms with Crippen LogP contribution in [0.3, 0.4) is 0 Å². The molecule has 2 aromatic carbocycles. The van der Waals surface area contributed by atoms with E-state index in [9.17, 15) is 0 Å². The molecule has 0 spiro atoms. The highest BCUT2D eigenvalue weighted by molar-refractivity contribution is 5.33. The van der Waals surface area contributed by atoms with Gasteiger partial charge < -0.3 is 4.74 Å². The molecule has 1 nitrogen and oxygen atoms in total. The molecule has 27 heavy (non-hydrogen) atoms. The summed E-state index contributed by atoms with van der Waals surface area (Å²) >= 11 is 0. The lowest BCUT2D eigenvalue weighted by molar-refractivity contribution is 0.124. The quantitative estimate of drug-likeness (QED) is 0.398. The molecule has 0 bridgehead atoms. The molecule has 1 heteroatoms. The molecule has 0 saturated heterocycles. The number of benzene rings is 2. The van der Waals surface area contributed by atoms with Gasteiger partial charge in [-0.25, -0.2) is 0 Å². The van der Waals surface area contributed by atoms with E-state index in [2.05, 4.69) is 77.9 Å². The lowest BCUT2D eigenvalue weighted by Gasteiger charge is -2.16. The van der Waals surface area contributed by atoms with Crippen LogP contribution < -0.4 is 0 Å². The molecule has 148 valence electrons. The van der Waals surface area contributed by atoms with Crippen LogP contribution in [-0.2, 0) is 4.74 Å². The van der Waals surface area contributed by atoms with E-state index in [1.54, 1.807) is 0 Å². The summed E-state index contributed by atoms with van der Waals surface area (Å²) in [6.45, 7) is 15.2. The van der Waals surface area contributed by atoms with Crippen molar-refractivity contribution in [1.29, 1.82) is 0 Å². The van der Waals surface area contributed by atoms with Crippen LogP contribution in [0, 0.1) is 27.7 Å². The third-order valence-electron chi connectivity index (χ3n) is 5.78. The summed E-state index contributed by atoms with van der Waals surface area (Å²) < 4.78 is 5.91. The van der Waals surface area contributed by atoms with Crippen molar-refractivity contribution in [2.24, 2.45) is 0 Å². The Morgan fingerprint density at radius 2 is 1.07 bits per heavy atom. The minimum Gasteiger partial charge on any atom is -0.381 e. The smallest absolute Gasteiger partial charge is 0.0466 e. The SMILES string of the molecule is Cc1ccc(C)c(C(C)CCCOCCCC(C)c2cc(C)ccc2C)c1. The number of aryl methyl sites for hydroxylation is 4. The molecule has 0 aliphatic rings. The van der Waals surface area contributed by atoms with Gasteiger partial charge in [-0.2, -0.15) is 0 Å². The summed E-state index contributed by atoms with van der Waals surface area (Å²) in [7, 11) is 0. The third kappa shape index (κ3) is 6.81. The first kappa shape index (κ1) is 21.7. The molecule has 0 radical (unpaired) electrons. The highest BCUT2D eigenvalue weighted by Crippen LogP contribution is 2.26. The maximum Gasteiger partial charge on any atom is 0.0466 e. The number of hydrogen-bond acceptors (Lipinski definition) is 1. The Morgan fingerprint density at radius 1 is 0.667 bits per heavy atom. The fourth-order valence-electron chi connectivity index (χ4n) is 3.98. The zero-order chi connectivity index (χ0) is 19.8. The monoisotopic (exact) mass is 366 g/mol. The van der Waals surface area contributed by atoms with Crippen molar-refractivity contribution in [3.8, 4) is 0 Å². The Bertz CT molecular complexity index is 655. The van der Waals surface area contributed by atoms with Crippen molar-refractivity contribution < 1.29 is 4.74 Å². The predicted molar refractivity (Wildman–Crippen MR) is 118 cm³/mol. The summed E-state index contributed by atoms with van der Waals surface area (Å²) in [5, 5.41) is 0. The number of rotatable bonds is 10.